The molecule has 0 aliphatic heterocycles. The molecule has 0 spiro atoms. The van der Waals surface area contributed by atoms with Crippen molar-refractivity contribution in [1.29, 1.82) is 0 Å². The van der Waals surface area contributed by atoms with Crippen LogP contribution in [-0.4, -0.2) is 24.2 Å². The molecule has 4 nitrogen and oxygen atoms in total. The smallest absolute Gasteiger partial charge is 0.305 e. The molecule has 0 unspecified atom stereocenters. The van der Waals surface area contributed by atoms with Crippen molar-refractivity contribution in [2.75, 3.05) is 18.5 Å². The van der Waals surface area contributed by atoms with Crippen LogP contribution in [0.5, 0.6) is 0 Å². The minimum atomic E-state index is -0.187. The van der Waals surface area contributed by atoms with Crippen LogP contribution in [0.3, 0.4) is 0 Å². The van der Waals surface area contributed by atoms with Crippen LogP contribution >= 0.6 is 39.7 Å². The van der Waals surface area contributed by atoms with Gasteiger partial charge in [-0.25, -0.2) is 0 Å². The summed E-state index contributed by atoms with van der Waals surface area (Å²) >= 11 is 14.5. The van der Waals surface area contributed by atoms with E-state index in [9.17, 15) is 4.79 Å². The maximum Gasteiger partial charge on any atom is 0.305 e. The summed E-state index contributed by atoms with van der Waals surface area (Å²) in [6.45, 7) is 2.81. The van der Waals surface area contributed by atoms with Gasteiger partial charge in [-0.1, -0.05) is 11.6 Å². The van der Waals surface area contributed by atoms with E-state index in [2.05, 4.69) is 26.6 Å². The van der Waals surface area contributed by atoms with E-state index < -0.39 is 0 Å². The number of anilines is 1. The van der Waals surface area contributed by atoms with Gasteiger partial charge < -0.3 is 15.4 Å². The lowest BCUT2D eigenvalue weighted by atomic mass is 10.3. The summed E-state index contributed by atoms with van der Waals surface area (Å²) in [5.74, 6) is -0.187. The van der Waals surface area contributed by atoms with Crippen LogP contribution in [0.1, 0.15) is 19.8 Å². The number of thiocarbonyl (C=S) groups is 1. The molecule has 0 aliphatic carbocycles. The van der Waals surface area contributed by atoms with Gasteiger partial charge in [0.15, 0.2) is 5.11 Å². The van der Waals surface area contributed by atoms with Gasteiger partial charge in [-0.05, 0) is 59.7 Å². The van der Waals surface area contributed by atoms with Gasteiger partial charge in [-0.3, -0.25) is 4.79 Å². The molecule has 0 heterocycles. The number of ether oxygens (including phenoxy) is 1. The first-order valence-electron chi connectivity index (χ1n) is 6.18. The first kappa shape index (κ1) is 17.2. The SMILES string of the molecule is CCOC(=O)CCCNC(=S)Nc1ccc(Br)c(Cl)c1. The Balaban J connectivity index is 2.26. The first-order valence-corrected chi connectivity index (χ1v) is 7.76. The second-order valence-corrected chi connectivity index (χ2v) is 5.59. The summed E-state index contributed by atoms with van der Waals surface area (Å²) in [6, 6.07) is 5.48. The topological polar surface area (TPSA) is 50.4 Å². The molecule has 0 bridgehead atoms. The normalized spacial score (nSPS) is 9.95. The molecule has 0 aromatic heterocycles. The number of rotatable bonds is 6. The molecule has 0 aliphatic rings. The average molecular weight is 380 g/mol. The predicted molar refractivity (Wildman–Crippen MR) is 89.2 cm³/mol. The Morgan fingerprint density at radius 1 is 1.50 bits per heavy atom. The van der Waals surface area contributed by atoms with Crippen molar-refractivity contribution in [3.8, 4) is 0 Å². The number of esters is 1. The highest BCUT2D eigenvalue weighted by molar-refractivity contribution is 9.10. The quantitative estimate of drug-likeness (QED) is 0.448. The lowest BCUT2D eigenvalue weighted by Crippen LogP contribution is -2.29. The van der Waals surface area contributed by atoms with Crippen LogP contribution in [0.2, 0.25) is 5.02 Å². The summed E-state index contributed by atoms with van der Waals surface area (Å²) in [4.78, 5) is 11.1. The summed E-state index contributed by atoms with van der Waals surface area (Å²) < 4.78 is 5.67. The summed E-state index contributed by atoms with van der Waals surface area (Å²) in [7, 11) is 0. The zero-order chi connectivity index (χ0) is 15.0. The predicted octanol–water partition coefficient (Wildman–Crippen LogP) is 3.73. The lowest BCUT2D eigenvalue weighted by Gasteiger charge is -2.11. The van der Waals surface area contributed by atoms with Crippen LogP contribution in [0.4, 0.5) is 5.69 Å². The van der Waals surface area contributed by atoms with E-state index in [4.69, 9.17) is 28.6 Å². The molecule has 0 amide bonds. The van der Waals surface area contributed by atoms with E-state index in [1.54, 1.807) is 13.0 Å². The molecule has 1 aromatic carbocycles. The van der Waals surface area contributed by atoms with Crippen LogP contribution in [0, 0.1) is 0 Å². The second kappa shape index (κ2) is 9.15. The van der Waals surface area contributed by atoms with Crippen molar-refractivity contribution in [3.05, 3.63) is 27.7 Å². The number of nitrogens with one attached hydrogen (secondary N) is 2. The average Bonchev–Trinajstić information content (AvgIpc) is 2.39. The fourth-order valence-electron chi connectivity index (χ4n) is 1.42. The Morgan fingerprint density at radius 2 is 2.25 bits per heavy atom. The monoisotopic (exact) mass is 378 g/mol. The maximum atomic E-state index is 11.1. The minimum absolute atomic E-state index is 0.187. The van der Waals surface area contributed by atoms with Crippen molar-refractivity contribution < 1.29 is 9.53 Å². The van der Waals surface area contributed by atoms with Crippen LogP contribution in [0.25, 0.3) is 0 Å². The third-order valence-electron chi connectivity index (χ3n) is 2.33. The van der Waals surface area contributed by atoms with Crippen LogP contribution in [-0.2, 0) is 9.53 Å². The zero-order valence-corrected chi connectivity index (χ0v) is 14.2. The molecule has 2 N–H and O–H groups in total. The Labute approximate surface area is 137 Å². The molecule has 1 rings (SSSR count). The standard InChI is InChI=1S/C13H16BrClN2O2S/c1-2-19-12(18)4-3-7-16-13(20)17-9-5-6-10(14)11(15)8-9/h5-6,8H,2-4,7H2,1H3,(H2,16,17,20). The number of hydrogen-bond donors (Lipinski definition) is 2. The molecule has 0 fully saturated rings. The molecule has 0 saturated carbocycles. The van der Waals surface area contributed by atoms with Crippen LogP contribution < -0.4 is 10.6 Å². The second-order valence-electron chi connectivity index (χ2n) is 3.92. The molecule has 0 saturated heterocycles. The van der Waals surface area contributed by atoms with Crippen LogP contribution in [0.15, 0.2) is 22.7 Å². The van der Waals surface area contributed by atoms with Gasteiger partial charge in [0, 0.05) is 23.1 Å². The van der Waals surface area contributed by atoms with E-state index in [1.165, 1.54) is 0 Å². The summed E-state index contributed by atoms with van der Waals surface area (Å²) in [5, 5.41) is 7.15. The summed E-state index contributed by atoms with van der Waals surface area (Å²) in [6.07, 6.45) is 1.05. The van der Waals surface area contributed by atoms with E-state index in [0.717, 1.165) is 10.2 Å². The fourth-order valence-corrected chi connectivity index (χ4v) is 2.06. The lowest BCUT2D eigenvalue weighted by molar-refractivity contribution is -0.143. The summed E-state index contributed by atoms with van der Waals surface area (Å²) in [5.41, 5.74) is 0.807. The first-order chi connectivity index (χ1) is 9.52. The molecule has 20 heavy (non-hydrogen) atoms. The van der Waals surface area contributed by atoms with E-state index in [1.807, 2.05) is 12.1 Å². The zero-order valence-electron chi connectivity index (χ0n) is 11.0. The van der Waals surface area contributed by atoms with Gasteiger partial charge in [0.1, 0.15) is 0 Å². The van der Waals surface area contributed by atoms with Gasteiger partial charge in [-0.15, -0.1) is 0 Å². The highest BCUT2D eigenvalue weighted by atomic mass is 79.9. The van der Waals surface area contributed by atoms with Crippen molar-refractivity contribution >= 4 is 56.5 Å². The molecular formula is C13H16BrClN2O2S. The Kier molecular flexibility index (Phi) is 7.87. The minimum Gasteiger partial charge on any atom is -0.466 e. The number of hydrogen-bond acceptors (Lipinski definition) is 3. The largest absolute Gasteiger partial charge is 0.466 e. The Hall–Kier alpha value is -0.850. The molecule has 0 atom stereocenters. The fraction of sp³-hybridized carbons (Fsp3) is 0.385. The van der Waals surface area contributed by atoms with E-state index in [0.29, 0.717) is 36.1 Å². The Morgan fingerprint density at radius 3 is 2.90 bits per heavy atom. The number of benzene rings is 1. The van der Waals surface area contributed by atoms with Crippen molar-refractivity contribution in [2.24, 2.45) is 0 Å². The van der Waals surface area contributed by atoms with Crippen molar-refractivity contribution in [3.63, 3.8) is 0 Å². The highest BCUT2D eigenvalue weighted by Gasteiger charge is 2.03. The van der Waals surface area contributed by atoms with E-state index in [-0.39, 0.29) is 5.97 Å². The molecule has 1 aromatic rings. The van der Waals surface area contributed by atoms with Gasteiger partial charge in [0.25, 0.3) is 0 Å². The molecule has 110 valence electrons. The third-order valence-corrected chi connectivity index (χ3v) is 3.80. The van der Waals surface area contributed by atoms with Crippen molar-refractivity contribution in [2.45, 2.75) is 19.8 Å². The van der Waals surface area contributed by atoms with E-state index >= 15 is 0 Å². The van der Waals surface area contributed by atoms with Gasteiger partial charge in [0.05, 0.1) is 11.6 Å². The maximum absolute atomic E-state index is 11.1. The number of halogens is 2. The van der Waals surface area contributed by atoms with Gasteiger partial charge in [0.2, 0.25) is 0 Å². The highest BCUT2D eigenvalue weighted by Crippen LogP contribution is 2.25. The van der Waals surface area contributed by atoms with Crippen molar-refractivity contribution in [1.82, 2.24) is 5.32 Å². The molecule has 7 heteroatoms. The van der Waals surface area contributed by atoms with Gasteiger partial charge in [-0.2, -0.15) is 0 Å². The Bertz CT molecular complexity index is 485. The van der Waals surface area contributed by atoms with Gasteiger partial charge >= 0.3 is 5.97 Å². The molecule has 0 radical (unpaired) electrons. The third kappa shape index (κ3) is 6.54. The number of carbonyl (C=O) groups is 1. The molecular weight excluding hydrogens is 364 g/mol. The number of carbonyl (C=O) groups excluding carboxylic acids is 1.